The maximum Gasteiger partial charge on any atom is 0.307 e. The van der Waals surface area contributed by atoms with Crippen LogP contribution in [0.4, 0.5) is 5.69 Å². The van der Waals surface area contributed by atoms with Crippen LogP contribution in [0.2, 0.25) is 0 Å². The van der Waals surface area contributed by atoms with Gasteiger partial charge >= 0.3 is 4.87 Å². The van der Waals surface area contributed by atoms with Crippen LogP contribution < -0.4 is 9.77 Å². The average molecular weight is 457 g/mol. The quantitative estimate of drug-likeness (QED) is 0.395. The number of benzene rings is 3. The summed E-state index contributed by atoms with van der Waals surface area (Å²) in [5, 5.41) is 9.97. The number of hydrogen-bond acceptors (Lipinski definition) is 4. The number of aromatic amines is 1. The van der Waals surface area contributed by atoms with Gasteiger partial charge in [-0.3, -0.25) is 9.78 Å². The van der Waals surface area contributed by atoms with Crippen molar-refractivity contribution in [3.05, 3.63) is 116 Å². The molecule has 1 aliphatic heterocycles. The molecule has 4 nitrogen and oxygen atoms in total. The summed E-state index contributed by atoms with van der Waals surface area (Å²) in [6.07, 6.45) is 4.78. The number of fused-ring (bicyclic) bond motifs is 1. The van der Waals surface area contributed by atoms with Gasteiger partial charge in [-0.15, -0.1) is 0 Å². The van der Waals surface area contributed by atoms with E-state index in [-0.39, 0.29) is 10.8 Å². The van der Waals surface area contributed by atoms with Crippen molar-refractivity contribution in [2.24, 2.45) is 0 Å². The standard InChI is InChI=1S/C28H28N2O2S/c31-27-26(33-28(32)29-27)19-22-11-14-25-23(17-22)12-13-24(18-21-9-5-2-6-10-21)30(25)16-15-20-7-3-1-4-8-20/h1-11,14,17,24,31H,12-13,15-16,18-19H2,(H,29,32). The van der Waals surface area contributed by atoms with Crippen LogP contribution in [0.15, 0.2) is 83.7 Å². The molecular formula is C28H28N2O2S. The van der Waals surface area contributed by atoms with Crippen molar-refractivity contribution in [2.75, 3.05) is 11.4 Å². The fraction of sp³-hybridized carbons (Fsp3) is 0.250. The Morgan fingerprint density at radius 2 is 1.67 bits per heavy atom. The number of rotatable bonds is 7. The first kappa shape index (κ1) is 21.5. The van der Waals surface area contributed by atoms with Gasteiger partial charge in [0.2, 0.25) is 5.88 Å². The highest BCUT2D eigenvalue weighted by Gasteiger charge is 2.26. The lowest BCUT2D eigenvalue weighted by molar-refractivity contribution is 0.451. The predicted octanol–water partition coefficient (Wildman–Crippen LogP) is 5.34. The van der Waals surface area contributed by atoms with Crippen LogP contribution in [0.1, 0.15) is 33.6 Å². The number of hydrogen-bond donors (Lipinski definition) is 2. The number of nitrogens with zero attached hydrogens (tertiary/aromatic N) is 1. The number of thiazole rings is 1. The lowest BCUT2D eigenvalue weighted by Crippen LogP contribution is -2.42. The highest BCUT2D eigenvalue weighted by atomic mass is 32.1. The van der Waals surface area contributed by atoms with Gasteiger partial charge in [0.15, 0.2) is 0 Å². The maximum absolute atomic E-state index is 11.5. The summed E-state index contributed by atoms with van der Waals surface area (Å²) in [6, 6.07) is 28.6. The first-order chi connectivity index (χ1) is 16.2. The molecule has 0 aliphatic carbocycles. The Labute approximate surface area is 198 Å². The molecule has 168 valence electrons. The molecule has 2 heterocycles. The van der Waals surface area contributed by atoms with E-state index in [2.05, 4.69) is 88.7 Å². The third-order valence-corrected chi connectivity index (χ3v) is 7.38. The lowest BCUT2D eigenvalue weighted by atomic mass is 9.90. The van der Waals surface area contributed by atoms with Crippen LogP contribution in [-0.4, -0.2) is 22.7 Å². The van der Waals surface area contributed by atoms with Crippen LogP contribution in [-0.2, 0) is 25.7 Å². The third-order valence-electron chi connectivity index (χ3n) is 6.50. The summed E-state index contributed by atoms with van der Waals surface area (Å²) in [5.41, 5.74) is 6.53. The Balaban J connectivity index is 1.41. The summed E-state index contributed by atoms with van der Waals surface area (Å²) in [4.78, 5) is 17.1. The minimum absolute atomic E-state index is 0.00451. The Hall–Kier alpha value is -3.31. The molecule has 5 heteroatoms. The molecule has 5 rings (SSSR count). The molecule has 1 unspecified atom stereocenters. The second kappa shape index (κ2) is 9.67. The van der Waals surface area contributed by atoms with Crippen molar-refractivity contribution < 1.29 is 5.11 Å². The zero-order chi connectivity index (χ0) is 22.6. The van der Waals surface area contributed by atoms with E-state index in [1.807, 2.05) is 0 Å². The Bertz CT molecular complexity index is 1260. The Morgan fingerprint density at radius 1 is 0.939 bits per heavy atom. The van der Waals surface area contributed by atoms with E-state index >= 15 is 0 Å². The number of anilines is 1. The highest BCUT2D eigenvalue weighted by molar-refractivity contribution is 7.09. The minimum atomic E-state index is -0.212. The minimum Gasteiger partial charge on any atom is -0.494 e. The predicted molar refractivity (Wildman–Crippen MR) is 136 cm³/mol. The molecule has 1 aromatic heterocycles. The summed E-state index contributed by atoms with van der Waals surface area (Å²) < 4.78 is 0. The molecule has 0 fully saturated rings. The van der Waals surface area contributed by atoms with Gasteiger partial charge in [0.1, 0.15) is 0 Å². The maximum atomic E-state index is 11.5. The van der Waals surface area contributed by atoms with Gasteiger partial charge in [-0.2, -0.15) is 0 Å². The second-order valence-electron chi connectivity index (χ2n) is 8.74. The highest BCUT2D eigenvalue weighted by Crippen LogP contribution is 2.34. The molecule has 0 saturated heterocycles. The molecule has 33 heavy (non-hydrogen) atoms. The van der Waals surface area contributed by atoms with Crippen LogP contribution in [0.3, 0.4) is 0 Å². The molecule has 0 saturated carbocycles. The molecule has 2 N–H and O–H groups in total. The van der Waals surface area contributed by atoms with E-state index in [4.69, 9.17) is 0 Å². The van der Waals surface area contributed by atoms with Gasteiger partial charge < -0.3 is 10.0 Å². The molecular weight excluding hydrogens is 428 g/mol. The third kappa shape index (κ3) is 5.04. The van der Waals surface area contributed by atoms with Crippen molar-refractivity contribution in [3.63, 3.8) is 0 Å². The average Bonchev–Trinajstić information content (AvgIpc) is 3.16. The largest absolute Gasteiger partial charge is 0.494 e. The van der Waals surface area contributed by atoms with Crippen molar-refractivity contribution in [2.45, 2.75) is 38.1 Å². The Kier molecular flexibility index (Phi) is 6.31. The SMILES string of the molecule is O=c1[nH]c(O)c(Cc2ccc3c(c2)CCC(Cc2ccccc2)N3CCc2ccccc2)s1. The van der Waals surface area contributed by atoms with Gasteiger partial charge in [0, 0.05) is 24.7 Å². The van der Waals surface area contributed by atoms with E-state index < -0.39 is 0 Å². The van der Waals surface area contributed by atoms with Crippen LogP contribution in [0, 0.1) is 0 Å². The molecule has 0 bridgehead atoms. The first-order valence-electron chi connectivity index (χ1n) is 11.5. The number of aromatic nitrogens is 1. The van der Waals surface area contributed by atoms with Crippen LogP contribution in [0.5, 0.6) is 5.88 Å². The van der Waals surface area contributed by atoms with E-state index in [1.165, 1.54) is 22.4 Å². The van der Waals surface area contributed by atoms with E-state index in [1.54, 1.807) is 0 Å². The Morgan fingerprint density at radius 3 is 2.36 bits per heavy atom. The second-order valence-corrected chi connectivity index (χ2v) is 9.81. The van der Waals surface area contributed by atoms with Gasteiger partial charge in [-0.1, -0.05) is 84.1 Å². The van der Waals surface area contributed by atoms with E-state index in [9.17, 15) is 9.90 Å². The van der Waals surface area contributed by atoms with E-state index in [0.717, 1.165) is 49.1 Å². The summed E-state index contributed by atoms with van der Waals surface area (Å²) in [7, 11) is 0. The molecule has 1 atom stereocenters. The normalized spacial score (nSPS) is 15.4. The monoisotopic (exact) mass is 456 g/mol. The number of nitrogens with one attached hydrogen (secondary N) is 1. The topological polar surface area (TPSA) is 56.3 Å². The van der Waals surface area contributed by atoms with Crippen molar-refractivity contribution >= 4 is 17.0 Å². The van der Waals surface area contributed by atoms with Gasteiger partial charge in [0.25, 0.3) is 0 Å². The fourth-order valence-corrected chi connectivity index (χ4v) is 5.61. The van der Waals surface area contributed by atoms with Gasteiger partial charge in [0.05, 0.1) is 4.88 Å². The molecule has 3 aromatic carbocycles. The first-order valence-corrected chi connectivity index (χ1v) is 12.3. The lowest BCUT2D eigenvalue weighted by Gasteiger charge is -2.39. The number of aryl methyl sites for hydroxylation is 1. The van der Waals surface area contributed by atoms with Crippen LogP contribution in [0.25, 0.3) is 0 Å². The van der Waals surface area contributed by atoms with Gasteiger partial charge in [-0.25, -0.2) is 0 Å². The zero-order valence-corrected chi connectivity index (χ0v) is 19.4. The van der Waals surface area contributed by atoms with Crippen LogP contribution >= 0.6 is 11.3 Å². The fourth-order valence-electron chi connectivity index (χ4n) is 4.86. The zero-order valence-electron chi connectivity index (χ0n) is 18.5. The van der Waals surface area contributed by atoms with E-state index in [0.29, 0.717) is 17.3 Å². The summed E-state index contributed by atoms with van der Waals surface area (Å²) in [6.45, 7) is 0.980. The van der Waals surface area contributed by atoms with Gasteiger partial charge in [-0.05, 0) is 54.0 Å². The number of H-pyrrole nitrogens is 1. The smallest absolute Gasteiger partial charge is 0.307 e. The van der Waals surface area contributed by atoms with Crippen molar-refractivity contribution in [3.8, 4) is 5.88 Å². The summed E-state index contributed by atoms with van der Waals surface area (Å²) in [5.74, 6) is -0.00451. The van der Waals surface area contributed by atoms with Crippen molar-refractivity contribution in [1.82, 2.24) is 4.98 Å². The van der Waals surface area contributed by atoms with Crippen molar-refractivity contribution in [1.29, 1.82) is 0 Å². The molecule has 1 aliphatic rings. The molecule has 0 radical (unpaired) electrons. The molecule has 4 aromatic rings. The molecule has 0 spiro atoms. The molecule has 0 amide bonds. The number of aromatic hydroxyl groups is 1. The summed E-state index contributed by atoms with van der Waals surface area (Å²) >= 11 is 1.08.